The van der Waals surface area contributed by atoms with Gasteiger partial charge in [-0.15, -0.1) is 0 Å². The Morgan fingerprint density at radius 3 is 2.68 bits per heavy atom. The molecule has 5 rings (SSSR count). The van der Waals surface area contributed by atoms with Crippen molar-refractivity contribution in [3.05, 3.63) is 29.7 Å². The second-order valence-electron chi connectivity index (χ2n) is 9.14. The number of aromatic nitrogens is 6. The van der Waals surface area contributed by atoms with E-state index in [0.29, 0.717) is 0 Å². The Kier molecular flexibility index (Phi) is 3.96. The number of anilines is 1. The Morgan fingerprint density at radius 1 is 1.07 bits per heavy atom. The molecule has 0 N–H and O–H groups in total. The zero-order chi connectivity index (χ0) is 19.5. The molecule has 3 aromatic rings. The third-order valence-corrected chi connectivity index (χ3v) is 6.21. The standard InChI is InChI=1S/C21H29N7/c1-21(2,3)28-19-14(12-24-28)18(22-13-23-19)27-11-7-10-17(27)20-25-15-8-5-6-9-16(15)26(20)4/h12-13,17H,5-11H2,1-4H3/t17-/m1/s1. The van der Waals surface area contributed by atoms with Gasteiger partial charge in [0.25, 0.3) is 0 Å². The third kappa shape index (κ3) is 2.63. The number of nitrogens with zero attached hydrogens (tertiary/aromatic N) is 7. The van der Waals surface area contributed by atoms with Gasteiger partial charge in [-0.05, 0) is 59.3 Å². The van der Waals surface area contributed by atoms with Crippen molar-refractivity contribution in [3.63, 3.8) is 0 Å². The number of fused-ring (bicyclic) bond motifs is 2. The normalized spacial score (nSPS) is 20.1. The van der Waals surface area contributed by atoms with Crippen molar-refractivity contribution in [2.24, 2.45) is 7.05 Å². The molecule has 1 atom stereocenters. The highest BCUT2D eigenvalue weighted by Gasteiger charge is 2.34. The van der Waals surface area contributed by atoms with Crippen LogP contribution in [0.3, 0.4) is 0 Å². The molecule has 0 saturated carbocycles. The van der Waals surface area contributed by atoms with Crippen molar-refractivity contribution in [2.45, 2.75) is 70.9 Å². The van der Waals surface area contributed by atoms with E-state index in [0.717, 1.165) is 49.1 Å². The molecule has 28 heavy (non-hydrogen) atoms. The van der Waals surface area contributed by atoms with Crippen molar-refractivity contribution in [1.82, 2.24) is 29.3 Å². The summed E-state index contributed by atoms with van der Waals surface area (Å²) in [5.41, 5.74) is 3.53. The molecule has 7 heteroatoms. The maximum Gasteiger partial charge on any atom is 0.163 e. The molecule has 0 radical (unpaired) electrons. The van der Waals surface area contributed by atoms with E-state index < -0.39 is 0 Å². The van der Waals surface area contributed by atoms with E-state index in [1.807, 2.05) is 10.9 Å². The summed E-state index contributed by atoms with van der Waals surface area (Å²) in [6.07, 6.45) is 10.7. The van der Waals surface area contributed by atoms with Crippen LogP contribution >= 0.6 is 0 Å². The topological polar surface area (TPSA) is 64.7 Å². The Labute approximate surface area is 165 Å². The predicted molar refractivity (Wildman–Crippen MR) is 109 cm³/mol. The second kappa shape index (κ2) is 6.29. The monoisotopic (exact) mass is 379 g/mol. The van der Waals surface area contributed by atoms with Gasteiger partial charge < -0.3 is 9.47 Å². The molecular weight excluding hydrogens is 350 g/mol. The first-order chi connectivity index (χ1) is 13.4. The van der Waals surface area contributed by atoms with Crippen LogP contribution in [-0.2, 0) is 25.4 Å². The fourth-order valence-electron chi connectivity index (χ4n) is 4.84. The summed E-state index contributed by atoms with van der Waals surface area (Å²) in [5.74, 6) is 2.18. The first-order valence-electron chi connectivity index (χ1n) is 10.5. The summed E-state index contributed by atoms with van der Waals surface area (Å²) >= 11 is 0. The zero-order valence-electron chi connectivity index (χ0n) is 17.3. The minimum Gasteiger partial charge on any atom is -0.346 e. The van der Waals surface area contributed by atoms with E-state index >= 15 is 0 Å². The molecule has 1 aliphatic carbocycles. The van der Waals surface area contributed by atoms with Crippen LogP contribution in [0.2, 0.25) is 0 Å². The summed E-state index contributed by atoms with van der Waals surface area (Å²) in [6, 6.07) is 0.270. The average Bonchev–Trinajstić information content (AvgIpc) is 3.37. The van der Waals surface area contributed by atoms with Crippen molar-refractivity contribution in [3.8, 4) is 0 Å². The SMILES string of the molecule is Cn1c([C@H]2CCCN2c2ncnc3c2cnn3C(C)(C)C)nc2c1CCCC2. The molecule has 0 bridgehead atoms. The second-order valence-corrected chi connectivity index (χ2v) is 9.14. The Hall–Kier alpha value is -2.44. The lowest BCUT2D eigenvalue weighted by Gasteiger charge is -2.26. The summed E-state index contributed by atoms with van der Waals surface area (Å²) in [4.78, 5) is 16.8. The minimum atomic E-state index is -0.115. The van der Waals surface area contributed by atoms with Crippen LogP contribution in [0.4, 0.5) is 5.82 Å². The molecule has 0 spiro atoms. The van der Waals surface area contributed by atoms with Crippen LogP contribution in [0.15, 0.2) is 12.5 Å². The van der Waals surface area contributed by atoms with Gasteiger partial charge in [-0.25, -0.2) is 19.6 Å². The van der Waals surface area contributed by atoms with Gasteiger partial charge in [-0.3, -0.25) is 0 Å². The lowest BCUT2D eigenvalue weighted by atomic mass is 10.0. The van der Waals surface area contributed by atoms with Crippen LogP contribution in [0.5, 0.6) is 0 Å². The highest BCUT2D eigenvalue weighted by atomic mass is 15.3. The smallest absolute Gasteiger partial charge is 0.163 e. The molecule has 0 amide bonds. The first kappa shape index (κ1) is 17.6. The lowest BCUT2D eigenvalue weighted by molar-refractivity contribution is 0.366. The molecule has 0 aromatic carbocycles. The van der Waals surface area contributed by atoms with Crippen molar-refractivity contribution >= 4 is 16.9 Å². The van der Waals surface area contributed by atoms with E-state index in [9.17, 15) is 0 Å². The third-order valence-electron chi connectivity index (χ3n) is 6.21. The van der Waals surface area contributed by atoms with Gasteiger partial charge in [0.2, 0.25) is 0 Å². The summed E-state index contributed by atoms with van der Waals surface area (Å²) in [6.45, 7) is 7.45. The average molecular weight is 380 g/mol. The van der Waals surface area contributed by atoms with Gasteiger partial charge in [-0.1, -0.05) is 0 Å². The van der Waals surface area contributed by atoms with Crippen LogP contribution in [0.1, 0.15) is 69.7 Å². The number of aryl methyl sites for hydroxylation is 1. The first-order valence-corrected chi connectivity index (χ1v) is 10.5. The largest absolute Gasteiger partial charge is 0.346 e. The lowest BCUT2D eigenvalue weighted by Crippen LogP contribution is -2.26. The van der Waals surface area contributed by atoms with Crippen molar-refractivity contribution in [1.29, 1.82) is 0 Å². The van der Waals surface area contributed by atoms with Gasteiger partial charge in [0.05, 0.1) is 28.9 Å². The number of rotatable bonds is 2. The van der Waals surface area contributed by atoms with Gasteiger partial charge in [0, 0.05) is 19.3 Å². The molecule has 2 aliphatic rings. The van der Waals surface area contributed by atoms with Gasteiger partial charge in [0.15, 0.2) is 5.65 Å². The fourth-order valence-corrected chi connectivity index (χ4v) is 4.84. The molecule has 7 nitrogen and oxygen atoms in total. The molecule has 1 fully saturated rings. The molecule has 148 valence electrons. The maximum atomic E-state index is 5.09. The molecule has 4 heterocycles. The number of hydrogen-bond donors (Lipinski definition) is 0. The fraction of sp³-hybridized carbons (Fsp3) is 0.619. The number of imidazole rings is 1. The summed E-state index contributed by atoms with van der Waals surface area (Å²) in [5, 5.41) is 5.66. The predicted octanol–water partition coefficient (Wildman–Crippen LogP) is 3.54. The van der Waals surface area contributed by atoms with E-state index in [-0.39, 0.29) is 11.6 Å². The maximum absolute atomic E-state index is 5.09. The summed E-state index contributed by atoms with van der Waals surface area (Å²) < 4.78 is 4.35. The van der Waals surface area contributed by atoms with Crippen molar-refractivity contribution < 1.29 is 0 Å². The van der Waals surface area contributed by atoms with Crippen LogP contribution in [0, 0.1) is 0 Å². The highest BCUT2D eigenvalue weighted by Crippen LogP contribution is 2.39. The minimum absolute atomic E-state index is 0.115. The Bertz CT molecular complexity index is 1020. The molecule has 1 saturated heterocycles. The molecule has 0 unspecified atom stereocenters. The highest BCUT2D eigenvalue weighted by molar-refractivity contribution is 5.87. The van der Waals surface area contributed by atoms with Gasteiger partial charge >= 0.3 is 0 Å². The zero-order valence-corrected chi connectivity index (χ0v) is 17.3. The van der Waals surface area contributed by atoms with Crippen LogP contribution in [0.25, 0.3) is 11.0 Å². The Morgan fingerprint density at radius 2 is 1.89 bits per heavy atom. The number of hydrogen-bond acceptors (Lipinski definition) is 5. The quantitative estimate of drug-likeness (QED) is 0.681. The molecular formula is C21H29N7. The molecule has 3 aromatic heterocycles. The van der Waals surface area contributed by atoms with E-state index in [2.05, 4.69) is 47.4 Å². The van der Waals surface area contributed by atoms with Crippen LogP contribution < -0.4 is 4.90 Å². The van der Waals surface area contributed by atoms with Gasteiger partial charge in [0.1, 0.15) is 18.0 Å². The van der Waals surface area contributed by atoms with Crippen molar-refractivity contribution in [2.75, 3.05) is 11.4 Å². The summed E-state index contributed by atoms with van der Waals surface area (Å²) in [7, 11) is 2.19. The molecule has 1 aliphatic heterocycles. The van der Waals surface area contributed by atoms with Crippen LogP contribution in [-0.4, -0.2) is 35.8 Å². The Balaban J connectivity index is 1.58. The van der Waals surface area contributed by atoms with Gasteiger partial charge in [-0.2, -0.15) is 5.10 Å². The van der Waals surface area contributed by atoms with E-state index in [1.165, 1.54) is 30.1 Å². The van der Waals surface area contributed by atoms with E-state index in [1.54, 1.807) is 6.33 Å². The van der Waals surface area contributed by atoms with E-state index in [4.69, 9.17) is 9.97 Å².